The number of hydrogen-bond donors (Lipinski definition) is 3. The van der Waals surface area contributed by atoms with Crippen molar-refractivity contribution in [2.45, 2.75) is 19.4 Å². The highest BCUT2D eigenvalue weighted by Crippen LogP contribution is 2.44. The number of phenols is 1. The van der Waals surface area contributed by atoms with Crippen molar-refractivity contribution in [1.29, 1.82) is 0 Å². The van der Waals surface area contributed by atoms with Gasteiger partial charge in [0.25, 0.3) is 5.91 Å². The fourth-order valence-corrected chi connectivity index (χ4v) is 3.84. The number of amides is 1. The van der Waals surface area contributed by atoms with Gasteiger partial charge >= 0.3 is 0 Å². The number of hydrogen-bond acceptors (Lipinski definition) is 5. The van der Waals surface area contributed by atoms with Crippen LogP contribution in [0.4, 0.5) is 0 Å². The van der Waals surface area contributed by atoms with E-state index in [9.17, 15) is 15.0 Å². The number of aromatic amines is 1. The van der Waals surface area contributed by atoms with Gasteiger partial charge in [0.15, 0.2) is 0 Å². The Bertz CT molecular complexity index is 1030. The van der Waals surface area contributed by atoms with E-state index in [1.165, 1.54) is 0 Å². The normalized spacial score (nSPS) is 15.6. The molecule has 150 valence electrons. The van der Waals surface area contributed by atoms with Crippen LogP contribution in [0.3, 0.4) is 0 Å². The summed E-state index contributed by atoms with van der Waals surface area (Å²) in [7, 11) is 0. The number of aromatic nitrogens is 2. The molecule has 1 atom stereocenters. The average Bonchev–Trinajstić information content (AvgIpc) is 3.26. The summed E-state index contributed by atoms with van der Waals surface area (Å²) in [6, 6.07) is 14.2. The van der Waals surface area contributed by atoms with Crippen molar-refractivity contribution in [1.82, 2.24) is 15.1 Å². The third-order valence-electron chi connectivity index (χ3n) is 5.06. The second-order valence-corrected chi connectivity index (χ2v) is 6.86. The van der Waals surface area contributed by atoms with E-state index in [2.05, 4.69) is 10.2 Å². The number of aliphatic hydroxyl groups excluding tert-OH is 1. The van der Waals surface area contributed by atoms with Crippen molar-refractivity contribution in [2.24, 2.45) is 0 Å². The molecule has 2 aromatic carbocycles. The summed E-state index contributed by atoms with van der Waals surface area (Å²) < 4.78 is 5.65. The maximum absolute atomic E-state index is 13.1. The number of rotatable bonds is 7. The zero-order valence-electron chi connectivity index (χ0n) is 16.1. The van der Waals surface area contributed by atoms with Crippen LogP contribution in [0.25, 0.3) is 11.3 Å². The first-order valence-corrected chi connectivity index (χ1v) is 9.67. The molecule has 3 aromatic rings. The van der Waals surface area contributed by atoms with E-state index in [0.29, 0.717) is 36.5 Å². The summed E-state index contributed by atoms with van der Waals surface area (Å²) >= 11 is 0. The topological polar surface area (TPSA) is 98.7 Å². The van der Waals surface area contributed by atoms with Crippen molar-refractivity contribution in [3.05, 3.63) is 65.4 Å². The molecule has 0 bridgehead atoms. The predicted molar refractivity (Wildman–Crippen MR) is 108 cm³/mol. The van der Waals surface area contributed by atoms with Crippen LogP contribution in [0.2, 0.25) is 0 Å². The van der Waals surface area contributed by atoms with E-state index in [-0.39, 0.29) is 18.3 Å². The number of carbonyl (C=O) groups is 1. The molecule has 0 unspecified atom stereocenters. The standard InChI is InChI=1S/C22H23N3O4/c1-2-29-15-8-5-7-14(13-15)21-18-19(16-9-3-4-10-17(16)27)23-24-20(18)22(28)25(21)11-6-12-26/h3-5,7-10,13,21,26-27H,2,6,11-12H2,1H3,(H,23,24)/t21-/m0/s1. The molecule has 0 aliphatic carbocycles. The van der Waals surface area contributed by atoms with Gasteiger partial charge < -0.3 is 19.8 Å². The van der Waals surface area contributed by atoms with Gasteiger partial charge in [0.05, 0.1) is 12.6 Å². The van der Waals surface area contributed by atoms with E-state index < -0.39 is 6.04 Å². The molecule has 7 heteroatoms. The van der Waals surface area contributed by atoms with Gasteiger partial charge in [-0.25, -0.2) is 0 Å². The van der Waals surface area contributed by atoms with Crippen molar-refractivity contribution < 1.29 is 19.7 Å². The SMILES string of the molecule is CCOc1cccc([C@H]2c3c(-c4ccccc4O)n[nH]c3C(=O)N2CCCO)c1. The minimum absolute atomic E-state index is 0.00595. The van der Waals surface area contributed by atoms with Crippen molar-refractivity contribution >= 4 is 5.91 Å². The first kappa shape index (κ1) is 19.0. The first-order chi connectivity index (χ1) is 14.2. The molecule has 1 aliphatic heterocycles. The fourth-order valence-electron chi connectivity index (χ4n) is 3.84. The van der Waals surface area contributed by atoms with Gasteiger partial charge in [-0.05, 0) is 43.2 Å². The maximum atomic E-state index is 13.1. The minimum Gasteiger partial charge on any atom is -0.507 e. The summed E-state index contributed by atoms with van der Waals surface area (Å²) in [5.41, 5.74) is 3.13. The molecule has 7 nitrogen and oxygen atoms in total. The summed E-state index contributed by atoms with van der Waals surface area (Å²) in [6.45, 7) is 2.86. The van der Waals surface area contributed by atoms with Gasteiger partial charge in [-0.15, -0.1) is 0 Å². The summed E-state index contributed by atoms with van der Waals surface area (Å²) in [5, 5.41) is 26.9. The zero-order valence-corrected chi connectivity index (χ0v) is 16.1. The number of aromatic hydroxyl groups is 1. The number of phenolic OH excluding ortho intramolecular Hbond substituents is 1. The number of ether oxygens (including phenoxy) is 1. The van der Waals surface area contributed by atoms with Crippen LogP contribution in [0.1, 0.15) is 41.0 Å². The molecule has 29 heavy (non-hydrogen) atoms. The summed E-state index contributed by atoms with van der Waals surface area (Å²) in [4.78, 5) is 14.8. The molecule has 3 N–H and O–H groups in total. The number of nitrogens with zero attached hydrogens (tertiary/aromatic N) is 2. The molecule has 0 saturated carbocycles. The number of nitrogens with one attached hydrogen (secondary N) is 1. The number of H-pyrrole nitrogens is 1. The van der Waals surface area contributed by atoms with E-state index in [4.69, 9.17) is 4.74 Å². The van der Waals surface area contributed by atoms with Gasteiger partial charge in [-0.2, -0.15) is 5.10 Å². The average molecular weight is 393 g/mol. The van der Waals surface area contributed by atoms with Gasteiger partial charge in [-0.3, -0.25) is 9.89 Å². The minimum atomic E-state index is -0.391. The van der Waals surface area contributed by atoms with Gasteiger partial charge in [-0.1, -0.05) is 24.3 Å². The maximum Gasteiger partial charge on any atom is 0.273 e. The summed E-state index contributed by atoms with van der Waals surface area (Å²) in [6.07, 6.45) is 0.469. The Hall–Kier alpha value is -3.32. The van der Waals surface area contributed by atoms with Gasteiger partial charge in [0, 0.05) is 24.3 Å². The second-order valence-electron chi connectivity index (χ2n) is 6.86. The predicted octanol–water partition coefficient (Wildman–Crippen LogP) is 3.11. The second kappa shape index (κ2) is 7.97. The number of aliphatic hydroxyl groups is 1. The Kier molecular flexibility index (Phi) is 5.22. The quantitative estimate of drug-likeness (QED) is 0.573. The molecular weight excluding hydrogens is 370 g/mol. The van der Waals surface area contributed by atoms with Gasteiger partial charge in [0.1, 0.15) is 22.9 Å². The highest BCUT2D eigenvalue weighted by Gasteiger charge is 2.42. The zero-order chi connectivity index (χ0) is 20.4. The van der Waals surface area contributed by atoms with E-state index in [0.717, 1.165) is 16.9 Å². The van der Waals surface area contributed by atoms with E-state index in [1.54, 1.807) is 23.1 Å². The van der Waals surface area contributed by atoms with Crippen LogP contribution in [0.15, 0.2) is 48.5 Å². The van der Waals surface area contributed by atoms with E-state index >= 15 is 0 Å². The molecule has 2 heterocycles. The lowest BCUT2D eigenvalue weighted by molar-refractivity contribution is 0.0732. The Morgan fingerprint density at radius 2 is 2.03 bits per heavy atom. The lowest BCUT2D eigenvalue weighted by Crippen LogP contribution is -2.31. The number of para-hydroxylation sites is 1. The fraction of sp³-hybridized carbons (Fsp3) is 0.273. The Balaban J connectivity index is 1.86. The lowest BCUT2D eigenvalue weighted by atomic mass is 9.95. The van der Waals surface area contributed by atoms with Gasteiger partial charge in [0.2, 0.25) is 0 Å². The van der Waals surface area contributed by atoms with Crippen LogP contribution >= 0.6 is 0 Å². The third-order valence-corrected chi connectivity index (χ3v) is 5.06. The number of fused-ring (bicyclic) bond motifs is 1. The van der Waals surface area contributed by atoms with E-state index in [1.807, 2.05) is 37.3 Å². The number of benzene rings is 2. The highest BCUT2D eigenvalue weighted by molar-refractivity contribution is 6.00. The van der Waals surface area contributed by atoms with Crippen LogP contribution in [0.5, 0.6) is 11.5 Å². The largest absolute Gasteiger partial charge is 0.507 e. The molecule has 1 aromatic heterocycles. The van der Waals surface area contributed by atoms with Crippen LogP contribution in [-0.4, -0.2) is 51.0 Å². The molecule has 0 fully saturated rings. The third kappa shape index (κ3) is 3.34. The van der Waals surface area contributed by atoms with Crippen LogP contribution < -0.4 is 4.74 Å². The molecule has 1 amide bonds. The lowest BCUT2D eigenvalue weighted by Gasteiger charge is -2.26. The Morgan fingerprint density at radius 1 is 1.21 bits per heavy atom. The Labute approximate surface area is 168 Å². The first-order valence-electron chi connectivity index (χ1n) is 9.67. The molecule has 4 rings (SSSR count). The molecule has 0 spiro atoms. The van der Waals surface area contributed by atoms with Crippen molar-refractivity contribution in [3.8, 4) is 22.8 Å². The molecule has 1 aliphatic rings. The number of carbonyl (C=O) groups excluding carboxylic acids is 1. The van der Waals surface area contributed by atoms with Crippen molar-refractivity contribution in [3.63, 3.8) is 0 Å². The molecule has 0 saturated heterocycles. The Morgan fingerprint density at radius 3 is 2.79 bits per heavy atom. The molecular formula is C22H23N3O4. The monoisotopic (exact) mass is 393 g/mol. The van der Waals surface area contributed by atoms with Crippen LogP contribution in [-0.2, 0) is 0 Å². The highest BCUT2D eigenvalue weighted by atomic mass is 16.5. The van der Waals surface area contributed by atoms with Crippen LogP contribution in [0, 0.1) is 0 Å². The summed E-state index contributed by atoms with van der Waals surface area (Å²) in [5.74, 6) is 0.653. The smallest absolute Gasteiger partial charge is 0.273 e. The van der Waals surface area contributed by atoms with Crippen molar-refractivity contribution in [2.75, 3.05) is 19.8 Å². The molecule has 0 radical (unpaired) electrons.